The van der Waals surface area contributed by atoms with Crippen molar-refractivity contribution in [2.45, 2.75) is 6.54 Å². The number of nitrogens with two attached hydrogens (primary N) is 1. The quantitative estimate of drug-likeness (QED) is 0.664. The highest BCUT2D eigenvalue weighted by Gasteiger charge is 2.10. The zero-order chi connectivity index (χ0) is 14.7. The number of rotatable bonds is 4. The largest absolute Gasteiger partial charge is 0.384 e. The second-order valence-electron chi connectivity index (χ2n) is 4.53. The molecule has 20 heavy (non-hydrogen) atoms. The van der Waals surface area contributed by atoms with Crippen LogP contribution in [-0.4, -0.2) is 12.9 Å². The van der Waals surface area contributed by atoms with Gasteiger partial charge in [-0.3, -0.25) is 5.41 Å². The van der Waals surface area contributed by atoms with E-state index in [4.69, 9.17) is 34.3 Å². The summed E-state index contributed by atoms with van der Waals surface area (Å²) in [6.45, 7) is 0.652. The van der Waals surface area contributed by atoms with E-state index in [0.29, 0.717) is 17.1 Å². The number of hydrogen-bond donors (Lipinski definition) is 2. The van der Waals surface area contributed by atoms with Gasteiger partial charge in [0.25, 0.3) is 0 Å². The maximum atomic E-state index is 7.41. The summed E-state index contributed by atoms with van der Waals surface area (Å²) in [7, 11) is 1.94. The molecule has 0 radical (unpaired) electrons. The van der Waals surface area contributed by atoms with Gasteiger partial charge in [0.15, 0.2) is 0 Å². The third-order valence-corrected chi connectivity index (χ3v) is 3.71. The van der Waals surface area contributed by atoms with E-state index in [1.165, 1.54) is 0 Å². The van der Waals surface area contributed by atoms with Crippen LogP contribution in [0, 0.1) is 5.41 Å². The van der Waals surface area contributed by atoms with Crippen molar-refractivity contribution in [3.63, 3.8) is 0 Å². The molecule has 5 heteroatoms. The molecule has 0 amide bonds. The predicted molar refractivity (Wildman–Crippen MR) is 86.0 cm³/mol. The molecule has 3 N–H and O–H groups in total. The first kappa shape index (κ1) is 14.7. The van der Waals surface area contributed by atoms with Crippen LogP contribution in [0.1, 0.15) is 11.1 Å². The first-order chi connectivity index (χ1) is 9.49. The van der Waals surface area contributed by atoms with Crippen LogP contribution in [-0.2, 0) is 6.54 Å². The molecule has 3 nitrogen and oxygen atoms in total. The topological polar surface area (TPSA) is 53.1 Å². The highest BCUT2D eigenvalue weighted by molar-refractivity contribution is 6.33. The number of hydrogen-bond acceptors (Lipinski definition) is 2. The molecule has 0 bridgehead atoms. The predicted octanol–water partition coefficient (Wildman–Crippen LogP) is 3.91. The summed E-state index contributed by atoms with van der Waals surface area (Å²) in [6.07, 6.45) is 0. The van der Waals surface area contributed by atoms with Crippen molar-refractivity contribution in [1.82, 2.24) is 0 Å². The van der Waals surface area contributed by atoms with Crippen molar-refractivity contribution in [3.05, 3.63) is 63.6 Å². The average molecular weight is 308 g/mol. The molecule has 2 aromatic carbocycles. The Morgan fingerprint density at radius 3 is 2.45 bits per heavy atom. The third-order valence-electron chi connectivity index (χ3n) is 3.04. The molecule has 0 fully saturated rings. The highest BCUT2D eigenvalue weighted by Crippen LogP contribution is 2.28. The van der Waals surface area contributed by atoms with Gasteiger partial charge in [-0.25, -0.2) is 0 Å². The Kier molecular flexibility index (Phi) is 4.53. The van der Waals surface area contributed by atoms with E-state index in [1.54, 1.807) is 12.1 Å². The lowest BCUT2D eigenvalue weighted by Crippen LogP contribution is -2.18. The van der Waals surface area contributed by atoms with Crippen molar-refractivity contribution in [3.8, 4) is 0 Å². The zero-order valence-electron chi connectivity index (χ0n) is 11.0. The molecule has 0 aliphatic carbocycles. The molecule has 2 rings (SSSR count). The van der Waals surface area contributed by atoms with Gasteiger partial charge >= 0.3 is 0 Å². The zero-order valence-corrected chi connectivity index (χ0v) is 12.5. The number of halogens is 2. The van der Waals surface area contributed by atoms with Gasteiger partial charge in [-0.15, -0.1) is 0 Å². The maximum absolute atomic E-state index is 7.41. The number of nitrogens with one attached hydrogen (secondary N) is 1. The lowest BCUT2D eigenvalue weighted by molar-refractivity contribution is 0.923. The van der Waals surface area contributed by atoms with E-state index in [1.807, 2.05) is 42.3 Å². The smallest absolute Gasteiger partial charge is 0.122 e. The van der Waals surface area contributed by atoms with Crippen LogP contribution in [0.2, 0.25) is 10.0 Å². The van der Waals surface area contributed by atoms with Gasteiger partial charge in [-0.05, 0) is 29.8 Å². The monoisotopic (exact) mass is 307 g/mol. The number of benzene rings is 2. The SMILES string of the molecule is CN(Cc1ccccc1Cl)c1ccc(C(=N)N)cc1Cl. The number of nitrogen functional groups attached to an aromatic ring is 1. The van der Waals surface area contributed by atoms with E-state index < -0.39 is 0 Å². The first-order valence-corrected chi connectivity index (χ1v) is 6.83. The molecular weight excluding hydrogens is 293 g/mol. The van der Waals surface area contributed by atoms with Gasteiger partial charge < -0.3 is 10.6 Å². The van der Waals surface area contributed by atoms with Crippen LogP contribution in [0.15, 0.2) is 42.5 Å². The average Bonchev–Trinajstić information content (AvgIpc) is 2.41. The molecule has 0 saturated carbocycles. The third kappa shape index (κ3) is 3.24. The Morgan fingerprint density at radius 1 is 1.15 bits per heavy atom. The van der Waals surface area contributed by atoms with Crippen molar-refractivity contribution in [1.29, 1.82) is 5.41 Å². The fourth-order valence-electron chi connectivity index (χ4n) is 1.95. The number of anilines is 1. The summed E-state index contributed by atoms with van der Waals surface area (Å²) < 4.78 is 0. The van der Waals surface area contributed by atoms with Crippen LogP contribution < -0.4 is 10.6 Å². The summed E-state index contributed by atoms with van der Waals surface area (Å²) in [5, 5.41) is 8.70. The molecule has 0 saturated heterocycles. The molecule has 0 unspecified atom stereocenters. The van der Waals surface area contributed by atoms with E-state index in [0.717, 1.165) is 16.3 Å². The fourth-order valence-corrected chi connectivity index (χ4v) is 2.47. The second-order valence-corrected chi connectivity index (χ2v) is 5.34. The minimum atomic E-state index is 0.00667. The first-order valence-electron chi connectivity index (χ1n) is 6.07. The summed E-state index contributed by atoms with van der Waals surface area (Å²) in [4.78, 5) is 2.01. The van der Waals surface area contributed by atoms with Crippen LogP contribution >= 0.6 is 23.2 Å². The van der Waals surface area contributed by atoms with Crippen LogP contribution in [0.3, 0.4) is 0 Å². The van der Waals surface area contributed by atoms with Gasteiger partial charge in [0.05, 0.1) is 10.7 Å². The Hall–Kier alpha value is -1.71. The lowest BCUT2D eigenvalue weighted by atomic mass is 10.1. The van der Waals surface area contributed by atoms with Crippen molar-refractivity contribution >= 4 is 34.7 Å². The Balaban J connectivity index is 2.23. The van der Waals surface area contributed by atoms with E-state index in [2.05, 4.69) is 0 Å². The minimum absolute atomic E-state index is 0.00667. The molecular formula is C15H15Cl2N3. The molecule has 0 aliphatic rings. The highest BCUT2D eigenvalue weighted by atomic mass is 35.5. The van der Waals surface area contributed by atoms with Gasteiger partial charge in [0.2, 0.25) is 0 Å². The maximum Gasteiger partial charge on any atom is 0.122 e. The molecule has 104 valence electrons. The van der Waals surface area contributed by atoms with Gasteiger partial charge in [-0.2, -0.15) is 0 Å². The lowest BCUT2D eigenvalue weighted by Gasteiger charge is -2.21. The van der Waals surface area contributed by atoms with E-state index in [9.17, 15) is 0 Å². The summed E-state index contributed by atoms with van der Waals surface area (Å²) >= 11 is 12.4. The minimum Gasteiger partial charge on any atom is -0.384 e. The van der Waals surface area contributed by atoms with E-state index in [-0.39, 0.29) is 5.84 Å². The second kappa shape index (κ2) is 6.16. The standard InChI is InChI=1S/C15H15Cl2N3/c1-20(9-11-4-2-3-5-12(11)16)14-7-6-10(15(18)19)8-13(14)17/h2-8H,9H2,1H3,(H3,18,19). The van der Waals surface area contributed by atoms with Gasteiger partial charge in [0.1, 0.15) is 5.84 Å². The molecule has 0 aliphatic heterocycles. The molecule has 0 atom stereocenters. The van der Waals surface area contributed by atoms with Crippen LogP contribution in [0.5, 0.6) is 0 Å². The molecule has 0 aromatic heterocycles. The molecule has 0 spiro atoms. The number of nitrogens with zero attached hydrogens (tertiary/aromatic N) is 1. The Bertz CT molecular complexity index is 641. The Labute approximate surface area is 128 Å². The Morgan fingerprint density at radius 2 is 1.85 bits per heavy atom. The fraction of sp³-hybridized carbons (Fsp3) is 0.133. The van der Waals surface area contributed by atoms with Gasteiger partial charge in [-0.1, -0.05) is 41.4 Å². The van der Waals surface area contributed by atoms with Gasteiger partial charge in [0, 0.05) is 24.2 Å². The summed E-state index contributed by atoms with van der Waals surface area (Å²) in [6, 6.07) is 13.0. The molecule has 0 heterocycles. The van der Waals surface area contributed by atoms with Crippen LogP contribution in [0.4, 0.5) is 5.69 Å². The molecule has 2 aromatic rings. The van der Waals surface area contributed by atoms with Crippen molar-refractivity contribution in [2.75, 3.05) is 11.9 Å². The van der Waals surface area contributed by atoms with Crippen molar-refractivity contribution < 1.29 is 0 Å². The van der Waals surface area contributed by atoms with Crippen LogP contribution in [0.25, 0.3) is 0 Å². The van der Waals surface area contributed by atoms with Crippen molar-refractivity contribution in [2.24, 2.45) is 5.73 Å². The van der Waals surface area contributed by atoms with E-state index >= 15 is 0 Å². The summed E-state index contributed by atoms with van der Waals surface area (Å²) in [5.74, 6) is 0.00667. The number of amidine groups is 1. The normalized spacial score (nSPS) is 10.3. The summed E-state index contributed by atoms with van der Waals surface area (Å²) in [5.41, 5.74) is 7.96.